The minimum atomic E-state index is -3.26. The number of carbonyl (C=O) groups excluding carboxylic acids is 1. The van der Waals surface area contributed by atoms with Crippen LogP contribution < -0.4 is 10.2 Å². The van der Waals surface area contributed by atoms with Crippen LogP contribution in [0.2, 0.25) is 0 Å². The Morgan fingerprint density at radius 3 is 2.46 bits per heavy atom. The number of benzene rings is 1. The average molecular weight is 399 g/mol. The zero-order valence-corrected chi connectivity index (χ0v) is 15.7. The second kappa shape index (κ2) is 7.00. The minimum absolute atomic E-state index is 0.117. The summed E-state index contributed by atoms with van der Waals surface area (Å²) >= 11 is 0. The number of hydrogen-bond donors (Lipinski definition) is 1. The van der Waals surface area contributed by atoms with Crippen LogP contribution in [0.25, 0.3) is 5.82 Å². The molecule has 144 valence electrons. The zero-order valence-electron chi connectivity index (χ0n) is 14.9. The molecule has 1 N–H and O–H groups in total. The molecule has 1 saturated heterocycles. The number of rotatable bonds is 5. The van der Waals surface area contributed by atoms with Crippen LogP contribution >= 0.6 is 0 Å². The van der Waals surface area contributed by atoms with E-state index >= 15 is 0 Å². The Bertz CT molecular complexity index is 1090. The molecule has 0 aliphatic carbocycles. The Morgan fingerprint density at radius 2 is 1.82 bits per heavy atom. The number of anilines is 2. The predicted octanol–water partition coefficient (Wildman–Crippen LogP) is 0.536. The van der Waals surface area contributed by atoms with Crippen LogP contribution in [0.4, 0.5) is 11.5 Å². The van der Waals surface area contributed by atoms with Crippen LogP contribution in [-0.4, -0.2) is 58.4 Å². The van der Waals surface area contributed by atoms with E-state index in [-0.39, 0.29) is 16.7 Å². The van der Waals surface area contributed by atoms with Gasteiger partial charge in [-0.25, -0.2) is 28.1 Å². The van der Waals surface area contributed by atoms with Crippen molar-refractivity contribution in [1.82, 2.24) is 24.7 Å². The molecule has 0 bridgehead atoms. The van der Waals surface area contributed by atoms with Crippen molar-refractivity contribution in [1.29, 1.82) is 0 Å². The molecule has 0 saturated carbocycles. The van der Waals surface area contributed by atoms with Gasteiger partial charge in [-0.3, -0.25) is 4.79 Å². The van der Waals surface area contributed by atoms with E-state index in [4.69, 9.17) is 0 Å². The van der Waals surface area contributed by atoms with Crippen LogP contribution in [0.3, 0.4) is 0 Å². The van der Waals surface area contributed by atoms with Gasteiger partial charge in [-0.15, -0.1) is 0 Å². The SMILES string of the molecule is CS(=O)(=O)c1ccc(NC(=O)C2CN(c3cc(-n4cncn4)ncn3)C2)cc1. The van der Waals surface area contributed by atoms with Crippen LogP contribution in [-0.2, 0) is 14.6 Å². The number of nitrogens with one attached hydrogen (secondary N) is 1. The van der Waals surface area contributed by atoms with Gasteiger partial charge in [-0.05, 0) is 24.3 Å². The highest BCUT2D eigenvalue weighted by Crippen LogP contribution is 2.25. The van der Waals surface area contributed by atoms with Gasteiger partial charge in [-0.2, -0.15) is 5.10 Å². The maximum absolute atomic E-state index is 12.4. The molecule has 1 amide bonds. The summed E-state index contributed by atoms with van der Waals surface area (Å²) < 4.78 is 24.5. The highest BCUT2D eigenvalue weighted by atomic mass is 32.2. The molecule has 2 aromatic heterocycles. The van der Waals surface area contributed by atoms with Gasteiger partial charge in [-0.1, -0.05) is 0 Å². The summed E-state index contributed by atoms with van der Waals surface area (Å²) in [6, 6.07) is 7.90. The molecule has 4 rings (SSSR count). The van der Waals surface area contributed by atoms with E-state index in [2.05, 4.69) is 25.4 Å². The van der Waals surface area contributed by atoms with Gasteiger partial charge in [0.1, 0.15) is 24.8 Å². The molecule has 1 aliphatic rings. The van der Waals surface area contributed by atoms with E-state index in [0.29, 0.717) is 30.4 Å². The Hall–Kier alpha value is -3.34. The lowest BCUT2D eigenvalue weighted by Gasteiger charge is -2.39. The fourth-order valence-electron chi connectivity index (χ4n) is 2.82. The van der Waals surface area contributed by atoms with Crippen molar-refractivity contribution in [2.75, 3.05) is 29.6 Å². The van der Waals surface area contributed by atoms with E-state index in [1.807, 2.05) is 4.90 Å². The van der Waals surface area contributed by atoms with Crippen molar-refractivity contribution in [2.24, 2.45) is 5.92 Å². The second-order valence-corrected chi connectivity index (χ2v) is 8.48. The number of amides is 1. The van der Waals surface area contributed by atoms with Crippen molar-refractivity contribution >= 4 is 27.2 Å². The van der Waals surface area contributed by atoms with E-state index < -0.39 is 9.84 Å². The minimum Gasteiger partial charge on any atom is -0.355 e. The van der Waals surface area contributed by atoms with Gasteiger partial charge < -0.3 is 10.2 Å². The Balaban J connectivity index is 1.36. The third-order valence-corrected chi connectivity index (χ3v) is 5.55. The predicted molar refractivity (Wildman–Crippen MR) is 101 cm³/mol. The topological polar surface area (TPSA) is 123 Å². The van der Waals surface area contributed by atoms with Crippen LogP contribution in [0.1, 0.15) is 0 Å². The Morgan fingerprint density at radius 1 is 1.11 bits per heavy atom. The monoisotopic (exact) mass is 399 g/mol. The Labute approximate surface area is 161 Å². The average Bonchev–Trinajstić information content (AvgIpc) is 3.15. The van der Waals surface area contributed by atoms with Gasteiger partial charge in [0, 0.05) is 31.1 Å². The largest absolute Gasteiger partial charge is 0.355 e. The van der Waals surface area contributed by atoms with Crippen LogP contribution in [0.5, 0.6) is 0 Å². The van der Waals surface area contributed by atoms with Crippen molar-refractivity contribution < 1.29 is 13.2 Å². The standard InChI is InChI=1S/C17H17N7O3S/c1-28(26,27)14-4-2-13(3-5-14)22-17(25)12-7-23(8-12)15-6-16(20-10-19-15)24-11-18-9-21-24/h2-6,9-12H,7-8H2,1H3,(H,22,25). The maximum Gasteiger partial charge on any atom is 0.231 e. The quantitative estimate of drug-likeness (QED) is 0.659. The molecule has 1 aromatic carbocycles. The first kappa shape index (κ1) is 18.0. The number of sulfone groups is 1. The van der Waals surface area contributed by atoms with E-state index in [0.717, 1.165) is 6.26 Å². The van der Waals surface area contributed by atoms with Crippen molar-refractivity contribution in [2.45, 2.75) is 4.90 Å². The number of aromatic nitrogens is 5. The summed E-state index contributed by atoms with van der Waals surface area (Å²) in [6.07, 6.45) is 5.57. The molecular weight excluding hydrogens is 382 g/mol. The molecule has 1 aliphatic heterocycles. The summed E-state index contributed by atoms with van der Waals surface area (Å²) in [7, 11) is -3.26. The molecule has 10 nitrogen and oxygen atoms in total. The fourth-order valence-corrected chi connectivity index (χ4v) is 3.45. The van der Waals surface area contributed by atoms with Crippen molar-refractivity contribution in [3.63, 3.8) is 0 Å². The summed E-state index contributed by atoms with van der Waals surface area (Å²) in [5.74, 6) is 1.01. The van der Waals surface area contributed by atoms with E-state index in [1.165, 1.54) is 29.5 Å². The van der Waals surface area contributed by atoms with Gasteiger partial charge in [0.25, 0.3) is 0 Å². The first-order valence-corrected chi connectivity index (χ1v) is 10.3. The Kier molecular flexibility index (Phi) is 4.51. The van der Waals surface area contributed by atoms with Crippen molar-refractivity contribution in [3.05, 3.63) is 49.3 Å². The molecule has 0 radical (unpaired) electrons. The third-order valence-electron chi connectivity index (χ3n) is 4.42. The number of hydrogen-bond acceptors (Lipinski definition) is 8. The lowest BCUT2D eigenvalue weighted by molar-refractivity contribution is -0.120. The maximum atomic E-state index is 12.4. The molecule has 3 aromatic rings. The lowest BCUT2D eigenvalue weighted by Crippen LogP contribution is -2.52. The molecule has 3 heterocycles. The first-order valence-electron chi connectivity index (χ1n) is 8.43. The van der Waals surface area contributed by atoms with Gasteiger partial charge >= 0.3 is 0 Å². The van der Waals surface area contributed by atoms with E-state index in [1.54, 1.807) is 24.5 Å². The zero-order chi connectivity index (χ0) is 19.7. The third kappa shape index (κ3) is 3.69. The molecule has 0 atom stereocenters. The lowest BCUT2D eigenvalue weighted by atomic mass is 9.99. The highest BCUT2D eigenvalue weighted by Gasteiger charge is 2.33. The van der Waals surface area contributed by atoms with Gasteiger partial charge in [0.15, 0.2) is 15.7 Å². The normalized spacial score (nSPS) is 14.5. The highest BCUT2D eigenvalue weighted by molar-refractivity contribution is 7.90. The van der Waals surface area contributed by atoms with Gasteiger partial charge in [0.2, 0.25) is 5.91 Å². The van der Waals surface area contributed by atoms with Gasteiger partial charge in [0.05, 0.1) is 10.8 Å². The molecule has 0 unspecified atom stereocenters. The summed E-state index contributed by atoms with van der Waals surface area (Å²) in [4.78, 5) is 26.9. The van der Waals surface area contributed by atoms with Crippen LogP contribution in [0, 0.1) is 5.92 Å². The van der Waals surface area contributed by atoms with Crippen molar-refractivity contribution in [3.8, 4) is 5.82 Å². The number of nitrogens with zero attached hydrogens (tertiary/aromatic N) is 6. The molecule has 0 spiro atoms. The summed E-state index contributed by atoms with van der Waals surface area (Å²) in [5.41, 5.74) is 0.561. The molecule has 1 fully saturated rings. The molecule has 11 heteroatoms. The van der Waals surface area contributed by atoms with E-state index in [9.17, 15) is 13.2 Å². The first-order chi connectivity index (χ1) is 13.4. The van der Waals surface area contributed by atoms with Crippen LogP contribution in [0.15, 0.2) is 54.2 Å². The second-order valence-electron chi connectivity index (χ2n) is 6.46. The number of carbonyl (C=O) groups is 1. The smallest absolute Gasteiger partial charge is 0.231 e. The summed E-state index contributed by atoms with van der Waals surface area (Å²) in [6.45, 7) is 1.06. The molecular formula is C17H17N7O3S. The summed E-state index contributed by atoms with van der Waals surface area (Å²) in [5, 5.41) is 6.85. The molecule has 28 heavy (non-hydrogen) atoms. The fraction of sp³-hybridized carbons (Fsp3) is 0.235.